The fourth-order valence-electron chi connectivity index (χ4n) is 2.51. The molecular weight excluding hydrogens is 272 g/mol. The van der Waals surface area contributed by atoms with Gasteiger partial charge in [-0.05, 0) is 18.8 Å². The van der Waals surface area contributed by atoms with E-state index in [2.05, 4.69) is 5.32 Å². The second-order valence-electron chi connectivity index (χ2n) is 5.93. The number of aromatic nitrogens is 2. The van der Waals surface area contributed by atoms with Gasteiger partial charge in [0, 0.05) is 26.7 Å². The summed E-state index contributed by atoms with van der Waals surface area (Å²) in [7, 11) is 1.47. The van der Waals surface area contributed by atoms with Crippen LogP contribution < -0.4 is 22.3 Å². The number of anilines is 2. The second-order valence-corrected chi connectivity index (χ2v) is 5.93. The van der Waals surface area contributed by atoms with E-state index in [0.29, 0.717) is 13.1 Å². The van der Waals surface area contributed by atoms with Crippen molar-refractivity contribution < 1.29 is 4.74 Å². The van der Waals surface area contributed by atoms with Crippen molar-refractivity contribution in [3.63, 3.8) is 0 Å². The molecule has 0 saturated carbocycles. The van der Waals surface area contributed by atoms with Crippen LogP contribution in [0.5, 0.6) is 0 Å². The van der Waals surface area contributed by atoms with Crippen LogP contribution >= 0.6 is 0 Å². The lowest BCUT2D eigenvalue weighted by Crippen LogP contribution is -2.42. The zero-order chi connectivity index (χ0) is 15.6. The van der Waals surface area contributed by atoms with Gasteiger partial charge < -0.3 is 15.8 Å². The summed E-state index contributed by atoms with van der Waals surface area (Å²) in [5.41, 5.74) is 5.54. The molecule has 0 aliphatic carbocycles. The van der Waals surface area contributed by atoms with E-state index in [1.54, 1.807) is 0 Å². The maximum Gasteiger partial charge on any atom is 0.332 e. The molecule has 7 nitrogen and oxygen atoms in total. The van der Waals surface area contributed by atoms with Crippen molar-refractivity contribution in [3.8, 4) is 0 Å². The number of hydrogen-bond donors (Lipinski definition) is 2. The van der Waals surface area contributed by atoms with Gasteiger partial charge in [0.1, 0.15) is 11.5 Å². The highest BCUT2D eigenvalue weighted by atomic mass is 16.5. The average Bonchev–Trinajstić information content (AvgIpc) is 2.94. The molecule has 0 amide bonds. The first kappa shape index (κ1) is 15.6. The predicted molar refractivity (Wildman–Crippen MR) is 82.7 cm³/mol. The first-order valence-corrected chi connectivity index (χ1v) is 7.36. The molecule has 0 radical (unpaired) electrons. The topological polar surface area (TPSA) is 91.3 Å². The largest absolute Gasteiger partial charge is 0.383 e. The number of rotatable bonds is 5. The molecule has 0 bridgehead atoms. The fourth-order valence-corrected chi connectivity index (χ4v) is 2.51. The quantitative estimate of drug-likeness (QED) is 0.819. The van der Waals surface area contributed by atoms with Crippen molar-refractivity contribution in [2.24, 2.45) is 13.0 Å². The summed E-state index contributed by atoms with van der Waals surface area (Å²) in [5, 5.41) is 3.06. The molecule has 3 N–H and O–H groups in total. The molecule has 1 saturated heterocycles. The molecule has 2 rings (SSSR count). The molecule has 1 aliphatic heterocycles. The van der Waals surface area contributed by atoms with E-state index in [-0.39, 0.29) is 29.2 Å². The van der Waals surface area contributed by atoms with E-state index in [0.717, 1.165) is 24.0 Å². The van der Waals surface area contributed by atoms with E-state index in [9.17, 15) is 9.59 Å². The Hall–Kier alpha value is -1.76. The SMILES string of the molecule is CC(C)Cn1c(N)c(NCC2CCCO2)c(=O)n(C)c1=O. The second kappa shape index (κ2) is 6.34. The molecule has 1 aromatic rings. The zero-order valence-corrected chi connectivity index (χ0v) is 12.9. The van der Waals surface area contributed by atoms with Crippen LogP contribution in [0.25, 0.3) is 0 Å². The number of nitrogen functional groups attached to an aromatic ring is 1. The van der Waals surface area contributed by atoms with E-state index >= 15 is 0 Å². The molecule has 7 heteroatoms. The third-order valence-corrected chi connectivity index (χ3v) is 3.66. The molecule has 1 atom stereocenters. The lowest BCUT2D eigenvalue weighted by molar-refractivity contribution is 0.120. The van der Waals surface area contributed by atoms with E-state index < -0.39 is 5.56 Å². The smallest absolute Gasteiger partial charge is 0.332 e. The minimum Gasteiger partial charge on any atom is -0.383 e. The van der Waals surface area contributed by atoms with Crippen molar-refractivity contribution in [2.45, 2.75) is 39.3 Å². The van der Waals surface area contributed by atoms with Crippen LogP contribution in [0.15, 0.2) is 9.59 Å². The van der Waals surface area contributed by atoms with Crippen LogP contribution in [0.4, 0.5) is 11.5 Å². The van der Waals surface area contributed by atoms with Gasteiger partial charge in [0.2, 0.25) is 0 Å². The molecule has 1 fully saturated rings. The zero-order valence-electron chi connectivity index (χ0n) is 12.9. The summed E-state index contributed by atoms with van der Waals surface area (Å²) in [6, 6.07) is 0. The number of hydrogen-bond acceptors (Lipinski definition) is 5. The molecule has 1 aromatic heterocycles. The van der Waals surface area contributed by atoms with Crippen molar-refractivity contribution in [1.82, 2.24) is 9.13 Å². The highest BCUT2D eigenvalue weighted by Gasteiger charge is 2.19. The van der Waals surface area contributed by atoms with Crippen molar-refractivity contribution in [3.05, 3.63) is 20.8 Å². The van der Waals surface area contributed by atoms with Crippen molar-refractivity contribution in [1.29, 1.82) is 0 Å². The molecule has 0 spiro atoms. The van der Waals surface area contributed by atoms with Crippen LogP contribution in [-0.4, -0.2) is 28.4 Å². The van der Waals surface area contributed by atoms with E-state index in [1.165, 1.54) is 11.6 Å². The monoisotopic (exact) mass is 296 g/mol. The average molecular weight is 296 g/mol. The van der Waals surface area contributed by atoms with Crippen LogP contribution in [-0.2, 0) is 18.3 Å². The van der Waals surface area contributed by atoms with Crippen molar-refractivity contribution >= 4 is 11.5 Å². The third kappa shape index (κ3) is 3.29. The summed E-state index contributed by atoms with van der Waals surface area (Å²) >= 11 is 0. The molecule has 0 aromatic carbocycles. The summed E-state index contributed by atoms with van der Waals surface area (Å²) in [6.07, 6.45) is 2.10. The first-order valence-electron chi connectivity index (χ1n) is 7.36. The Balaban J connectivity index is 2.32. The minimum atomic E-state index is -0.393. The van der Waals surface area contributed by atoms with Crippen LogP contribution in [0, 0.1) is 5.92 Å². The minimum absolute atomic E-state index is 0.0968. The normalized spacial score (nSPS) is 18.4. The first-order chi connectivity index (χ1) is 9.91. The van der Waals surface area contributed by atoms with Gasteiger partial charge in [-0.2, -0.15) is 0 Å². The van der Waals surface area contributed by atoms with Crippen LogP contribution in [0.3, 0.4) is 0 Å². The van der Waals surface area contributed by atoms with Gasteiger partial charge >= 0.3 is 5.69 Å². The highest BCUT2D eigenvalue weighted by molar-refractivity contribution is 5.60. The van der Waals surface area contributed by atoms with Crippen molar-refractivity contribution in [2.75, 3.05) is 24.2 Å². The Labute approximate surface area is 123 Å². The number of nitrogens with two attached hydrogens (primary N) is 1. The molecule has 1 unspecified atom stereocenters. The maximum absolute atomic E-state index is 12.2. The summed E-state index contributed by atoms with van der Waals surface area (Å²) < 4.78 is 8.06. The Morgan fingerprint density at radius 1 is 1.43 bits per heavy atom. The number of nitrogens with one attached hydrogen (secondary N) is 1. The van der Waals surface area contributed by atoms with Crippen LogP contribution in [0.2, 0.25) is 0 Å². The lowest BCUT2D eigenvalue weighted by Gasteiger charge is -2.18. The summed E-state index contributed by atoms with van der Waals surface area (Å²) in [5.74, 6) is 0.461. The standard InChI is InChI=1S/C14H24N4O3/c1-9(2)8-18-12(15)11(13(19)17(3)14(18)20)16-7-10-5-4-6-21-10/h9-10,16H,4-8,15H2,1-3H3. The summed E-state index contributed by atoms with van der Waals surface area (Å²) in [4.78, 5) is 24.4. The molecule has 1 aliphatic rings. The Kier molecular flexibility index (Phi) is 4.72. The van der Waals surface area contributed by atoms with Gasteiger partial charge in [0.25, 0.3) is 5.56 Å². The lowest BCUT2D eigenvalue weighted by atomic mass is 10.2. The number of ether oxygens (including phenoxy) is 1. The van der Waals surface area contributed by atoms with E-state index in [4.69, 9.17) is 10.5 Å². The molecule has 21 heavy (non-hydrogen) atoms. The van der Waals surface area contributed by atoms with Gasteiger partial charge in [0.15, 0.2) is 0 Å². The van der Waals surface area contributed by atoms with Gasteiger partial charge in [0.05, 0.1) is 6.10 Å². The molecule has 118 valence electrons. The Bertz CT molecular complexity index is 612. The van der Waals surface area contributed by atoms with Gasteiger partial charge in [-0.3, -0.25) is 13.9 Å². The van der Waals surface area contributed by atoms with E-state index in [1.807, 2.05) is 13.8 Å². The maximum atomic E-state index is 12.2. The van der Waals surface area contributed by atoms with Gasteiger partial charge in [-0.25, -0.2) is 4.79 Å². The Morgan fingerprint density at radius 3 is 2.71 bits per heavy atom. The molecular formula is C14H24N4O3. The van der Waals surface area contributed by atoms with Gasteiger partial charge in [-0.1, -0.05) is 13.8 Å². The predicted octanol–water partition coefficient (Wildman–Crippen LogP) is 0.376. The number of nitrogens with zero attached hydrogens (tertiary/aromatic N) is 2. The summed E-state index contributed by atoms with van der Waals surface area (Å²) in [6.45, 7) is 5.76. The fraction of sp³-hybridized carbons (Fsp3) is 0.714. The molecule has 2 heterocycles. The van der Waals surface area contributed by atoms with Crippen LogP contribution in [0.1, 0.15) is 26.7 Å². The van der Waals surface area contributed by atoms with Gasteiger partial charge in [-0.15, -0.1) is 0 Å². The highest BCUT2D eigenvalue weighted by Crippen LogP contribution is 2.16. The third-order valence-electron chi connectivity index (χ3n) is 3.66. The Morgan fingerprint density at radius 2 is 2.14 bits per heavy atom.